The van der Waals surface area contributed by atoms with Crippen molar-refractivity contribution in [3.63, 3.8) is 0 Å². The number of nitrogens with zero attached hydrogens (tertiary/aromatic N) is 1. The van der Waals surface area contributed by atoms with E-state index in [0.717, 1.165) is 35.0 Å². The summed E-state index contributed by atoms with van der Waals surface area (Å²) in [7, 11) is 0. The van der Waals surface area contributed by atoms with E-state index in [1.807, 2.05) is 47.4 Å². The molecule has 3 nitrogen and oxygen atoms in total. The zero-order valence-electron chi connectivity index (χ0n) is 12.7. The van der Waals surface area contributed by atoms with E-state index in [1.165, 1.54) is 0 Å². The fourth-order valence-corrected chi connectivity index (χ4v) is 3.59. The molecule has 0 spiro atoms. The second kappa shape index (κ2) is 6.99. The molecule has 2 aromatic carbocycles. The highest BCUT2D eigenvalue weighted by Crippen LogP contribution is 2.30. The normalized spacial score (nSPS) is 18.2. The number of hydrogen-bond acceptors (Lipinski definition) is 3. The first kappa shape index (κ1) is 15.1. The highest BCUT2D eigenvalue weighted by Gasteiger charge is 2.23. The van der Waals surface area contributed by atoms with Crippen LogP contribution in [0.3, 0.4) is 0 Å². The molecule has 4 heteroatoms. The lowest BCUT2D eigenvalue weighted by molar-refractivity contribution is 0.0705. The van der Waals surface area contributed by atoms with Gasteiger partial charge in [0, 0.05) is 35.5 Å². The predicted molar refractivity (Wildman–Crippen MR) is 90.4 cm³/mol. The summed E-state index contributed by atoms with van der Waals surface area (Å²) in [5.74, 6) is 0.132. The maximum atomic E-state index is 12.8. The molecule has 0 aromatic heterocycles. The van der Waals surface area contributed by atoms with Crippen molar-refractivity contribution in [2.75, 3.05) is 19.6 Å². The molecule has 1 atom stereocenters. The zero-order valence-corrected chi connectivity index (χ0v) is 13.5. The van der Waals surface area contributed by atoms with Crippen LogP contribution in [0.25, 0.3) is 0 Å². The van der Waals surface area contributed by atoms with E-state index in [-0.39, 0.29) is 5.91 Å². The van der Waals surface area contributed by atoms with Crippen LogP contribution in [0, 0.1) is 0 Å². The molecule has 0 radical (unpaired) electrons. The van der Waals surface area contributed by atoms with E-state index in [4.69, 9.17) is 0 Å². The molecule has 3 rings (SSSR count). The highest BCUT2D eigenvalue weighted by atomic mass is 32.2. The van der Waals surface area contributed by atoms with E-state index in [0.29, 0.717) is 6.04 Å². The van der Waals surface area contributed by atoms with Crippen molar-refractivity contribution in [1.82, 2.24) is 10.2 Å². The van der Waals surface area contributed by atoms with Gasteiger partial charge in [0.25, 0.3) is 5.91 Å². The van der Waals surface area contributed by atoms with Crippen LogP contribution >= 0.6 is 11.8 Å². The lowest BCUT2D eigenvalue weighted by atomic mass is 10.1. The van der Waals surface area contributed by atoms with Crippen LogP contribution < -0.4 is 5.32 Å². The monoisotopic (exact) mass is 312 g/mol. The Balaban J connectivity index is 1.83. The van der Waals surface area contributed by atoms with Gasteiger partial charge in [0.1, 0.15) is 0 Å². The lowest BCUT2D eigenvalue weighted by Crippen LogP contribution is -2.51. The van der Waals surface area contributed by atoms with Crippen molar-refractivity contribution < 1.29 is 4.79 Å². The third-order valence-corrected chi connectivity index (χ3v) is 4.83. The van der Waals surface area contributed by atoms with Gasteiger partial charge in [-0.2, -0.15) is 0 Å². The van der Waals surface area contributed by atoms with E-state index in [9.17, 15) is 4.79 Å². The number of piperazine rings is 1. The minimum Gasteiger partial charge on any atom is -0.336 e. The van der Waals surface area contributed by atoms with E-state index >= 15 is 0 Å². The molecule has 22 heavy (non-hydrogen) atoms. The lowest BCUT2D eigenvalue weighted by Gasteiger charge is -2.32. The first-order valence-electron chi connectivity index (χ1n) is 7.58. The Morgan fingerprint density at radius 3 is 2.64 bits per heavy atom. The molecule has 1 heterocycles. The molecular formula is C18H20N2OS. The maximum absolute atomic E-state index is 12.8. The van der Waals surface area contributed by atoms with Crippen LogP contribution in [0.1, 0.15) is 17.3 Å². The number of carbonyl (C=O) groups is 1. The van der Waals surface area contributed by atoms with Crippen molar-refractivity contribution >= 4 is 17.7 Å². The molecule has 1 aliphatic rings. The Labute approximate surface area is 135 Å². The van der Waals surface area contributed by atoms with E-state index in [2.05, 4.69) is 24.4 Å². The fourth-order valence-electron chi connectivity index (χ4n) is 2.63. The van der Waals surface area contributed by atoms with Gasteiger partial charge in [-0.1, -0.05) is 42.1 Å². The van der Waals surface area contributed by atoms with Crippen LogP contribution in [-0.2, 0) is 0 Å². The number of carbonyl (C=O) groups excluding carboxylic acids is 1. The molecule has 1 unspecified atom stereocenters. The predicted octanol–water partition coefficient (Wildman–Crippen LogP) is 3.27. The van der Waals surface area contributed by atoms with Crippen LogP contribution in [0.15, 0.2) is 64.4 Å². The van der Waals surface area contributed by atoms with Gasteiger partial charge in [-0.3, -0.25) is 4.79 Å². The standard InChI is InChI=1S/C18H20N2OS/c1-14-13-20(12-11-19-14)18(21)16-9-5-6-10-17(16)22-15-7-3-2-4-8-15/h2-10,14,19H,11-13H2,1H3. The number of hydrogen-bond donors (Lipinski definition) is 1. The van der Waals surface area contributed by atoms with Gasteiger partial charge < -0.3 is 10.2 Å². The fraction of sp³-hybridized carbons (Fsp3) is 0.278. The van der Waals surface area contributed by atoms with Gasteiger partial charge in [0.2, 0.25) is 0 Å². The zero-order chi connectivity index (χ0) is 15.4. The van der Waals surface area contributed by atoms with Crippen molar-refractivity contribution in [2.45, 2.75) is 22.8 Å². The molecule has 1 amide bonds. The van der Waals surface area contributed by atoms with E-state index in [1.54, 1.807) is 11.8 Å². The summed E-state index contributed by atoms with van der Waals surface area (Å²) in [6.07, 6.45) is 0. The third-order valence-electron chi connectivity index (χ3n) is 3.74. The van der Waals surface area contributed by atoms with Gasteiger partial charge in [-0.05, 0) is 31.2 Å². The summed E-state index contributed by atoms with van der Waals surface area (Å²) < 4.78 is 0. The van der Waals surface area contributed by atoms with Gasteiger partial charge in [-0.15, -0.1) is 0 Å². The summed E-state index contributed by atoms with van der Waals surface area (Å²) in [6.45, 7) is 4.52. The summed E-state index contributed by atoms with van der Waals surface area (Å²) in [4.78, 5) is 17.0. The largest absolute Gasteiger partial charge is 0.336 e. The maximum Gasteiger partial charge on any atom is 0.255 e. The molecule has 1 saturated heterocycles. The summed E-state index contributed by atoms with van der Waals surface area (Å²) in [6, 6.07) is 18.4. The van der Waals surface area contributed by atoms with Gasteiger partial charge >= 0.3 is 0 Å². The first-order valence-corrected chi connectivity index (χ1v) is 8.40. The number of benzene rings is 2. The van der Waals surface area contributed by atoms with E-state index < -0.39 is 0 Å². The first-order chi connectivity index (χ1) is 10.7. The van der Waals surface area contributed by atoms with Gasteiger partial charge in [0.15, 0.2) is 0 Å². The summed E-state index contributed by atoms with van der Waals surface area (Å²) in [5.41, 5.74) is 0.797. The number of rotatable bonds is 3. The molecule has 2 aromatic rings. The second-order valence-corrected chi connectivity index (χ2v) is 6.63. The van der Waals surface area contributed by atoms with Crippen molar-refractivity contribution in [3.8, 4) is 0 Å². The highest BCUT2D eigenvalue weighted by molar-refractivity contribution is 7.99. The van der Waals surface area contributed by atoms with Crippen molar-refractivity contribution in [3.05, 3.63) is 60.2 Å². The Kier molecular flexibility index (Phi) is 4.80. The topological polar surface area (TPSA) is 32.3 Å². The Morgan fingerprint density at radius 1 is 1.14 bits per heavy atom. The number of amides is 1. The molecular weight excluding hydrogens is 292 g/mol. The minimum atomic E-state index is 0.132. The van der Waals surface area contributed by atoms with Crippen molar-refractivity contribution in [2.24, 2.45) is 0 Å². The molecule has 114 valence electrons. The minimum absolute atomic E-state index is 0.132. The average Bonchev–Trinajstić information content (AvgIpc) is 2.56. The van der Waals surface area contributed by atoms with Crippen molar-refractivity contribution in [1.29, 1.82) is 0 Å². The van der Waals surface area contributed by atoms with Crippen LogP contribution in [0.5, 0.6) is 0 Å². The summed E-state index contributed by atoms with van der Waals surface area (Å²) >= 11 is 1.64. The van der Waals surface area contributed by atoms with Gasteiger partial charge in [-0.25, -0.2) is 0 Å². The Hall–Kier alpha value is -1.78. The van der Waals surface area contributed by atoms with Crippen LogP contribution in [-0.4, -0.2) is 36.5 Å². The number of nitrogens with one attached hydrogen (secondary N) is 1. The second-order valence-electron chi connectivity index (χ2n) is 5.52. The third kappa shape index (κ3) is 3.51. The Bertz CT molecular complexity index is 645. The molecule has 1 aliphatic heterocycles. The molecule has 0 aliphatic carbocycles. The molecule has 0 bridgehead atoms. The quantitative estimate of drug-likeness (QED) is 0.944. The van der Waals surface area contributed by atoms with Crippen LogP contribution in [0.2, 0.25) is 0 Å². The van der Waals surface area contributed by atoms with Crippen LogP contribution in [0.4, 0.5) is 0 Å². The average molecular weight is 312 g/mol. The molecule has 1 N–H and O–H groups in total. The SMILES string of the molecule is CC1CN(C(=O)c2ccccc2Sc2ccccc2)CCN1. The smallest absolute Gasteiger partial charge is 0.255 e. The molecule has 0 saturated carbocycles. The summed E-state index contributed by atoms with van der Waals surface area (Å²) in [5, 5.41) is 3.37. The molecule has 1 fully saturated rings. The Morgan fingerprint density at radius 2 is 1.86 bits per heavy atom. The van der Waals surface area contributed by atoms with Gasteiger partial charge in [0.05, 0.1) is 5.56 Å².